The van der Waals surface area contributed by atoms with E-state index in [9.17, 15) is 9.59 Å². The van der Waals surface area contributed by atoms with Crippen LogP contribution in [0.25, 0.3) is 0 Å². The lowest BCUT2D eigenvalue weighted by Gasteiger charge is -2.12. The molecule has 0 spiro atoms. The van der Waals surface area contributed by atoms with Crippen molar-refractivity contribution in [1.82, 2.24) is 4.98 Å². The highest BCUT2D eigenvalue weighted by Gasteiger charge is 2.15. The maximum Gasteiger partial charge on any atom is 0.261 e. The summed E-state index contributed by atoms with van der Waals surface area (Å²) < 4.78 is 10.2. The van der Waals surface area contributed by atoms with Crippen molar-refractivity contribution in [1.29, 1.82) is 0 Å². The van der Waals surface area contributed by atoms with E-state index in [2.05, 4.69) is 10.3 Å². The number of hydrogen-bond acceptors (Lipinski definition) is 4. The van der Waals surface area contributed by atoms with Crippen LogP contribution in [0.5, 0.6) is 11.5 Å². The van der Waals surface area contributed by atoms with E-state index in [0.29, 0.717) is 22.2 Å². The molecule has 0 saturated carbocycles. The van der Waals surface area contributed by atoms with Crippen LogP contribution in [-0.4, -0.2) is 25.1 Å². The molecule has 0 atom stereocenters. The fraction of sp³-hybridized carbons (Fsp3) is 0.143. The van der Waals surface area contributed by atoms with Gasteiger partial charge in [0, 0.05) is 24.5 Å². The Morgan fingerprint density at radius 1 is 1.24 bits per heavy atom. The van der Waals surface area contributed by atoms with E-state index in [1.807, 2.05) is 0 Å². The molecule has 2 aromatic rings. The molecule has 0 saturated heterocycles. The highest BCUT2D eigenvalue weighted by atomic mass is 35.5. The first kappa shape index (κ1) is 14.9. The molecule has 0 unspecified atom stereocenters. The van der Waals surface area contributed by atoms with E-state index in [1.54, 1.807) is 6.07 Å². The molecule has 0 radical (unpaired) electrons. The van der Waals surface area contributed by atoms with Crippen molar-refractivity contribution in [3.05, 3.63) is 51.4 Å². The van der Waals surface area contributed by atoms with Crippen LogP contribution in [0.15, 0.2) is 35.4 Å². The third-order valence-corrected chi connectivity index (χ3v) is 3.09. The lowest BCUT2D eigenvalue weighted by molar-refractivity contribution is 0.102. The summed E-state index contributed by atoms with van der Waals surface area (Å²) in [6.07, 6.45) is 2.78. The number of benzene rings is 1. The van der Waals surface area contributed by atoms with Gasteiger partial charge in [0.25, 0.3) is 5.91 Å². The standard InChI is InChI=1S/C14H13ClN2O4/c1-20-12-6-13(21-2)10(5-9(12)15)17-14(19)8-7-16-4-3-11(8)18/h3-7H,1-2H3,(H,16,18)(H,17,19). The minimum Gasteiger partial charge on any atom is -0.495 e. The molecule has 21 heavy (non-hydrogen) atoms. The summed E-state index contributed by atoms with van der Waals surface area (Å²) in [5.41, 5.74) is -0.0483. The first-order chi connectivity index (χ1) is 10.1. The summed E-state index contributed by atoms with van der Waals surface area (Å²) in [6, 6.07) is 4.31. The van der Waals surface area contributed by atoms with Crippen LogP contribution in [0.3, 0.4) is 0 Å². The Hall–Kier alpha value is -2.47. The van der Waals surface area contributed by atoms with Gasteiger partial charge in [-0.1, -0.05) is 11.6 Å². The molecule has 2 rings (SSSR count). The van der Waals surface area contributed by atoms with Crippen LogP contribution in [0.4, 0.5) is 5.69 Å². The Bertz CT molecular complexity index is 727. The van der Waals surface area contributed by atoms with Gasteiger partial charge in [-0.05, 0) is 6.07 Å². The number of carbonyl (C=O) groups is 1. The minimum atomic E-state index is -0.559. The summed E-state index contributed by atoms with van der Waals surface area (Å²) >= 11 is 6.02. The molecule has 7 heteroatoms. The Kier molecular flexibility index (Phi) is 4.49. The van der Waals surface area contributed by atoms with Gasteiger partial charge in [-0.2, -0.15) is 0 Å². The molecular weight excluding hydrogens is 296 g/mol. The average molecular weight is 309 g/mol. The largest absolute Gasteiger partial charge is 0.495 e. The average Bonchev–Trinajstić information content (AvgIpc) is 2.48. The number of amides is 1. The number of hydrogen-bond donors (Lipinski definition) is 2. The van der Waals surface area contributed by atoms with Crippen molar-refractivity contribution in [2.75, 3.05) is 19.5 Å². The van der Waals surface area contributed by atoms with Gasteiger partial charge < -0.3 is 19.8 Å². The number of halogens is 1. The fourth-order valence-electron chi connectivity index (χ4n) is 1.74. The van der Waals surface area contributed by atoms with Crippen LogP contribution >= 0.6 is 11.6 Å². The van der Waals surface area contributed by atoms with Gasteiger partial charge >= 0.3 is 0 Å². The van der Waals surface area contributed by atoms with E-state index >= 15 is 0 Å². The number of aromatic nitrogens is 1. The lowest BCUT2D eigenvalue weighted by atomic mass is 10.2. The van der Waals surface area contributed by atoms with Gasteiger partial charge in [0.05, 0.1) is 24.9 Å². The smallest absolute Gasteiger partial charge is 0.261 e. The third-order valence-electron chi connectivity index (χ3n) is 2.79. The topological polar surface area (TPSA) is 80.4 Å². The molecule has 1 heterocycles. The van der Waals surface area contributed by atoms with E-state index in [1.165, 1.54) is 38.7 Å². The van der Waals surface area contributed by atoms with Crippen LogP contribution in [-0.2, 0) is 0 Å². The molecular formula is C14H13ClN2O4. The zero-order chi connectivity index (χ0) is 15.4. The Morgan fingerprint density at radius 3 is 2.57 bits per heavy atom. The van der Waals surface area contributed by atoms with Crippen LogP contribution in [0.1, 0.15) is 10.4 Å². The second-order valence-electron chi connectivity index (χ2n) is 4.06. The van der Waals surface area contributed by atoms with Crippen molar-refractivity contribution >= 4 is 23.2 Å². The van der Waals surface area contributed by atoms with Gasteiger partial charge in [0.1, 0.15) is 17.1 Å². The summed E-state index contributed by atoms with van der Waals surface area (Å²) in [5, 5.41) is 2.90. The van der Waals surface area contributed by atoms with E-state index in [4.69, 9.17) is 21.1 Å². The predicted octanol–water partition coefficient (Wildman–Crippen LogP) is 2.30. The maximum absolute atomic E-state index is 12.1. The molecule has 0 aliphatic rings. The molecule has 0 aliphatic heterocycles. The molecule has 1 aromatic carbocycles. The molecule has 1 amide bonds. The van der Waals surface area contributed by atoms with Gasteiger partial charge in [0.2, 0.25) is 0 Å². The molecule has 0 fully saturated rings. The summed E-state index contributed by atoms with van der Waals surface area (Å²) in [7, 11) is 2.93. The number of H-pyrrole nitrogens is 1. The SMILES string of the molecule is COc1cc(OC)c(NC(=O)c2c[nH]ccc2=O)cc1Cl. The van der Waals surface area contributed by atoms with Crippen molar-refractivity contribution in [2.45, 2.75) is 0 Å². The van der Waals surface area contributed by atoms with Gasteiger partial charge in [0.15, 0.2) is 5.43 Å². The summed E-state index contributed by atoms with van der Waals surface area (Å²) in [4.78, 5) is 26.4. The van der Waals surface area contributed by atoms with E-state index in [0.717, 1.165) is 0 Å². The molecule has 0 aliphatic carbocycles. The predicted molar refractivity (Wildman–Crippen MR) is 79.6 cm³/mol. The number of rotatable bonds is 4. The Labute approximate surface area is 125 Å². The van der Waals surface area contributed by atoms with Crippen molar-refractivity contribution < 1.29 is 14.3 Å². The number of nitrogens with one attached hydrogen (secondary N) is 2. The maximum atomic E-state index is 12.1. The fourth-order valence-corrected chi connectivity index (χ4v) is 1.98. The normalized spacial score (nSPS) is 10.0. The number of pyridine rings is 1. The van der Waals surface area contributed by atoms with Crippen LogP contribution in [0, 0.1) is 0 Å². The number of aromatic amines is 1. The number of carbonyl (C=O) groups excluding carboxylic acids is 1. The molecule has 2 N–H and O–H groups in total. The Balaban J connectivity index is 2.35. The van der Waals surface area contributed by atoms with Gasteiger partial charge in [-0.25, -0.2) is 0 Å². The number of methoxy groups -OCH3 is 2. The quantitative estimate of drug-likeness (QED) is 0.908. The Morgan fingerprint density at radius 2 is 1.95 bits per heavy atom. The van der Waals surface area contributed by atoms with Crippen molar-refractivity contribution in [3.63, 3.8) is 0 Å². The zero-order valence-corrected chi connectivity index (χ0v) is 12.2. The second-order valence-corrected chi connectivity index (χ2v) is 4.47. The molecule has 6 nitrogen and oxygen atoms in total. The first-order valence-corrected chi connectivity index (χ1v) is 6.34. The minimum absolute atomic E-state index is 0.00788. The zero-order valence-electron chi connectivity index (χ0n) is 11.4. The van der Waals surface area contributed by atoms with Crippen LogP contribution in [0.2, 0.25) is 5.02 Å². The van der Waals surface area contributed by atoms with Gasteiger partial charge in [-0.3, -0.25) is 9.59 Å². The monoisotopic (exact) mass is 308 g/mol. The van der Waals surface area contributed by atoms with Crippen molar-refractivity contribution in [2.24, 2.45) is 0 Å². The van der Waals surface area contributed by atoms with E-state index in [-0.39, 0.29) is 11.0 Å². The highest BCUT2D eigenvalue weighted by Crippen LogP contribution is 2.35. The molecule has 0 bridgehead atoms. The summed E-state index contributed by atoms with van der Waals surface area (Å²) in [5.74, 6) is 0.234. The highest BCUT2D eigenvalue weighted by molar-refractivity contribution is 6.32. The second kappa shape index (κ2) is 6.32. The third kappa shape index (κ3) is 3.17. The molecule has 110 valence electrons. The van der Waals surface area contributed by atoms with E-state index < -0.39 is 5.91 Å². The van der Waals surface area contributed by atoms with Gasteiger partial charge in [-0.15, -0.1) is 0 Å². The summed E-state index contributed by atoms with van der Waals surface area (Å²) in [6.45, 7) is 0. The van der Waals surface area contributed by atoms with Crippen molar-refractivity contribution in [3.8, 4) is 11.5 Å². The lowest BCUT2D eigenvalue weighted by Crippen LogP contribution is -2.21. The first-order valence-electron chi connectivity index (χ1n) is 5.96. The van der Waals surface area contributed by atoms with Crippen LogP contribution < -0.4 is 20.2 Å². The molecule has 1 aromatic heterocycles. The number of anilines is 1. The number of ether oxygens (including phenoxy) is 2.